The predicted octanol–water partition coefficient (Wildman–Crippen LogP) is 1.30. The second-order valence-electron chi connectivity index (χ2n) is 4.29. The number of nitrogens with zero attached hydrogens (tertiary/aromatic N) is 2. The van der Waals surface area contributed by atoms with E-state index in [-0.39, 0.29) is 12.2 Å². The van der Waals surface area contributed by atoms with Crippen LogP contribution in [0.4, 0.5) is 4.39 Å². The van der Waals surface area contributed by atoms with Crippen molar-refractivity contribution in [2.75, 3.05) is 26.2 Å². The van der Waals surface area contributed by atoms with Gasteiger partial charge in [-0.15, -0.1) is 0 Å². The lowest BCUT2D eigenvalue weighted by atomic mass is 10.1. The summed E-state index contributed by atoms with van der Waals surface area (Å²) in [5.74, 6) is -0.198. The third-order valence-electron chi connectivity index (χ3n) is 3.00. The molecule has 0 aromatic heterocycles. The van der Waals surface area contributed by atoms with Crippen molar-refractivity contribution in [1.29, 1.82) is 5.26 Å². The van der Waals surface area contributed by atoms with Crippen LogP contribution in [0.3, 0.4) is 0 Å². The summed E-state index contributed by atoms with van der Waals surface area (Å²) in [4.78, 5) is 2.23. The summed E-state index contributed by atoms with van der Waals surface area (Å²) < 4.78 is 13.8. The Morgan fingerprint density at radius 1 is 1.35 bits per heavy atom. The first-order valence-corrected chi connectivity index (χ1v) is 5.87. The normalized spacial score (nSPS) is 16.7. The van der Waals surface area contributed by atoms with E-state index in [0.717, 1.165) is 31.7 Å². The zero-order chi connectivity index (χ0) is 12.1. The van der Waals surface area contributed by atoms with Crippen LogP contribution in [0.15, 0.2) is 18.2 Å². The van der Waals surface area contributed by atoms with Gasteiger partial charge in [-0.05, 0) is 11.6 Å². The maximum Gasteiger partial charge on any atom is 0.128 e. The van der Waals surface area contributed by atoms with Crippen molar-refractivity contribution in [1.82, 2.24) is 10.2 Å². The van der Waals surface area contributed by atoms with Crippen LogP contribution in [0.5, 0.6) is 0 Å². The van der Waals surface area contributed by atoms with E-state index in [2.05, 4.69) is 10.2 Å². The van der Waals surface area contributed by atoms with Gasteiger partial charge in [-0.3, -0.25) is 4.90 Å². The topological polar surface area (TPSA) is 39.1 Å². The molecule has 17 heavy (non-hydrogen) atoms. The number of nitrogens with one attached hydrogen (secondary N) is 1. The van der Waals surface area contributed by atoms with Crippen LogP contribution in [0, 0.1) is 17.1 Å². The Hall–Kier alpha value is -1.44. The van der Waals surface area contributed by atoms with E-state index in [4.69, 9.17) is 5.26 Å². The highest BCUT2D eigenvalue weighted by Crippen LogP contribution is 2.13. The second-order valence-corrected chi connectivity index (χ2v) is 4.29. The van der Waals surface area contributed by atoms with Crippen LogP contribution in [0.1, 0.15) is 11.1 Å². The molecule has 1 aliphatic heterocycles. The Morgan fingerprint density at radius 2 is 2.12 bits per heavy atom. The summed E-state index contributed by atoms with van der Waals surface area (Å²) in [7, 11) is 0. The molecule has 90 valence electrons. The standard InChI is InChI=1S/C13H16FN3/c14-13-9-11(3-4-15)1-2-12(13)10-17-7-5-16-6-8-17/h1-2,9,16H,3,5-8,10H2. The lowest BCUT2D eigenvalue weighted by molar-refractivity contribution is 0.230. The molecule has 0 radical (unpaired) electrons. The number of hydrogen-bond acceptors (Lipinski definition) is 3. The van der Waals surface area contributed by atoms with Crippen LogP contribution >= 0.6 is 0 Å². The Labute approximate surface area is 101 Å². The molecule has 0 saturated carbocycles. The molecule has 1 N–H and O–H groups in total. The van der Waals surface area contributed by atoms with Gasteiger partial charge in [0.2, 0.25) is 0 Å². The quantitative estimate of drug-likeness (QED) is 0.855. The minimum Gasteiger partial charge on any atom is -0.314 e. The Kier molecular flexibility index (Phi) is 4.08. The Morgan fingerprint density at radius 3 is 2.76 bits per heavy atom. The highest BCUT2D eigenvalue weighted by molar-refractivity contribution is 5.26. The fraction of sp³-hybridized carbons (Fsp3) is 0.462. The van der Waals surface area contributed by atoms with Crippen LogP contribution in [-0.2, 0) is 13.0 Å². The van der Waals surface area contributed by atoms with Gasteiger partial charge in [-0.2, -0.15) is 5.26 Å². The summed E-state index contributed by atoms with van der Waals surface area (Å²) in [6, 6.07) is 7.13. The van der Waals surface area contributed by atoms with Gasteiger partial charge in [-0.1, -0.05) is 12.1 Å². The van der Waals surface area contributed by atoms with Gasteiger partial charge in [0.1, 0.15) is 5.82 Å². The number of halogens is 1. The van der Waals surface area contributed by atoms with E-state index in [0.29, 0.717) is 12.1 Å². The lowest BCUT2D eigenvalue weighted by Gasteiger charge is -2.27. The Balaban J connectivity index is 2.03. The minimum absolute atomic E-state index is 0.198. The maximum atomic E-state index is 13.8. The zero-order valence-electron chi connectivity index (χ0n) is 9.75. The molecule has 1 saturated heterocycles. The molecule has 1 fully saturated rings. The van der Waals surface area contributed by atoms with Crippen LogP contribution in [0.2, 0.25) is 0 Å². The molecule has 1 heterocycles. The van der Waals surface area contributed by atoms with Gasteiger partial charge < -0.3 is 5.32 Å². The van der Waals surface area contributed by atoms with Crippen molar-refractivity contribution in [2.24, 2.45) is 0 Å². The number of benzene rings is 1. The fourth-order valence-corrected chi connectivity index (χ4v) is 2.03. The van der Waals surface area contributed by atoms with Gasteiger partial charge in [-0.25, -0.2) is 4.39 Å². The predicted molar refractivity (Wildman–Crippen MR) is 63.9 cm³/mol. The third kappa shape index (κ3) is 3.26. The molecule has 0 atom stereocenters. The smallest absolute Gasteiger partial charge is 0.128 e. The highest BCUT2D eigenvalue weighted by Gasteiger charge is 2.12. The van der Waals surface area contributed by atoms with Gasteiger partial charge in [0, 0.05) is 38.3 Å². The van der Waals surface area contributed by atoms with E-state index in [1.807, 2.05) is 12.1 Å². The molecule has 0 spiro atoms. The summed E-state index contributed by atoms with van der Waals surface area (Å²) in [5.41, 5.74) is 1.46. The zero-order valence-corrected chi connectivity index (χ0v) is 9.75. The Bertz CT molecular complexity index is 419. The molecule has 0 unspecified atom stereocenters. The second kappa shape index (κ2) is 5.76. The number of nitriles is 1. The van der Waals surface area contributed by atoms with Crippen molar-refractivity contribution in [3.05, 3.63) is 35.1 Å². The molecule has 1 aromatic carbocycles. The van der Waals surface area contributed by atoms with Crippen LogP contribution in [-0.4, -0.2) is 31.1 Å². The van der Waals surface area contributed by atoms with E-state index < -0.39 is 0 Å². The SMILES string of the molecule is N#CCc1ccc(CN2CCNCC2)c(F)c1. The van der Waals surface area contributed by atoms with E-state index >= 15 is 0 Å². The molecule has 3 nitrogen and oxygen atoms in total. The van der Waals surface area contributed by atoms with Crippen LogP contribution in [0.25, 0.3) is 0 Å². The lowest BCUT2D eigenvalue weighted by Crippen LogP contribution is -2.43. The molecular formula is C13H16FN3. The van der Waals surface area contributed by atoms with Crippen molar-refractivity contribution in [3.8, 4) is 6.07 Å². The molecule has 1 aliphatic rings. The van der Waals surface area contributed by atoms with E-state index in [1.54, 1.807) is 6.07 Å². The number of hydrogen-bond donors (Lipinski definition) is 1. The first kappa shape index (κ1) is 12.0. The summed E-state index contributed by atoms with van der Waals surface area (Å²) in [6.07, 6.45) is 0.269. The van der Waals surface area contributed by atoms with Crippen molar-refractivity contribution in [3.63, 3.8) is 0 Å². The molecule has 4 heteroatoms. The summed E-state index contributed by atoms with van der Waals surface area (Å²) >= 11 is 0. The average Bonchev–Trinajstić information content (AvgIpc) is 2.34. The maximum absolute atomic E-state index is 13.8. The van der Waals surface area contributed by atoms with Crippen molar-refractivity contribution in [2.45, 2.75) is 13.0 Å². The monoisotopic (exact) mass is 233 g/mol. The van der Waals surface area contributed by atoms with Gasteiger partial charge in [0.15, 0.2) is 0 Å². The fourth-order valence-electron chi connectivity index (χ4n) is 2.03. The van der Waals surface area contributed by atoms with E-state index in [9.17, 15) is 4.39 Å². The van der Waals surface area contributed by atoms with E-state index in [1.165, 1.54) is 6.07 Å². The average molecular weight is 233 g/mol. The minimum atomic E-state index is -0.198. The molecule has 0 bridgehead atoms. The van der Waals surface area contributed by atoms with Crippen molar-refractivity contribution < 1.29 is 4.39 Å². The van der Waals surface area contributed by atoms with Crippen LogP contribution < -0.4 is 5.32 Å². The van der Waals surface area contributed by atoms with Gasteiger partial charge in [0.25, 0.3) is 0 Å². The molecule has 0 aliphatic carbocycles. The molecule has 2 rings (SSSR count). The number of piperazine rings is 1. The van der Waals surface area contributed by atoms with Gasteiger partial charge in [0.05, 0.1) is 12.5 Å². The highest BCUT2D eigenvalue weighted by atomic mass is 19.1. The molecule has 0 amide bonds. The van der Waals surface area contributed by atoms with Crippen molar-refractivity contribution >= 4 is 0 Å². The molecule has 1 aromatic rings. The first-order chi connectivity index (χ1) is 8.29. The third-order valence-corrected chi connectivity index (χ3v) is 3.00. The number of rotatable bonds is 3. The summed E-state index contributed by atoms with van der Waals surface area (Å²) in [5, 5.41) is 11.8. The summed E-state index contributed by atoms with van der Waals surface area (Å²) in [6.45, 7) is 4.50. The van der Waals surface area contributed by atoms with Gasteiger partial charge >= 0.3 is 0 Å². The largest absolute Gasteiger partial charge is 0.314 e. The molecular weight excluding hydrogens is 217 g/mol. The first-order valence-electron chi connectivity index (χ1n) is 5.87.